The SMILES string of the molecule is C=CC(=O)N1CC(n2cnc3c(F)c(-c4cc(O)ccc4Cl)c(Cl)cc3c2=O)C1. The predicted octanol–water partition coefficient (Wildman–Crippen LogP) is 3.78. The van der Waals surface area contributed by atoms with E-state index in [0.29, 0.717) is 13.1 Å². The third-order valence-electron chi connectivity index (χ3n) is 4.93. The number of nitrogens with zero attached hydrogens (tertiary/aromatic N) is 3. The minimum absolute atomic E-state index is 0.0172. The van der Waals surface area contributed by atoms with Crippen molar-refractivity contribution < 1.29 is 14.3 Å². The number of benzene rings is 2. The van der Waals surface area contributed by atoms with Gasteiger partial charge in [-0.25, -0.2) is 9.37 Å². The number of halogens is 3. The van der Waals surface area contributed by atoms with Crippen molar-refractivity contribution in [2.24, 2.45) is 0 Å². The first-order valence-corrected chi connectivity index (χ1v) is 9.36. The van der Waals surface area contributed by atoms with Gasteiger partial charge in [0.25, 0.3) is 5.56 Å². The molecule has 1 aliphatic rings. The Kier molecular flexibility index (Phi) is 4.80. The second kappa shape index (κ2) is 7.17. The van der Waals surface area contributed by atoms with Crippen LogP contribution in [-0.2, 0) is 4.79 Å². The standard InChI is InChI=1S/C20H14Cl2FN3O3/c1-2-16(28)25-7-10(8-25)26-9-24-19-13(20(26)29)6-15(22)17(18(19)23)12-5-11(27)3-4-14(12)21/h2-6,9-10,27H,1,7-8H2. The molecule has 0 radical (unpaired) electrons. The number of rotatable bonds is 3. The fourth-order valence-electron chi connectivity index (χ4n) is 3.36. The molecule has 0 atom stereocenters. The Morgan fingerprint density at radius 2 is 2.00 bits per heavy atom. The molecule has 4 rings (SSSR count). The average molecular weight is 434 g/mol. The molecule has 3 aromatic rings. The van der Waals surface area contributed by atoms with Crippen LogP contribution in [0.4, 0.5) is 4.39 Å². The molecule has 1 aromatic heterocycles. The highest BCUT2D eigenvalue weighted by Gasteiger charge is 2.32. The number of amides is 1. The third kappa shape index (κ3) is 3.16. The van der Waals surface area contributed by atoms with Crippen LogP contribution in [0.15, 0.2) is 48.0 Å². The van der Waals surface area contributed by atoms with Crippen LogP contribution in [0.2, 0.25) is 10.0 Å². The van der Waals surface area contributed by atoms with Crippen molar-refractivity contribution in [2.75, 3.05) is 13.1 Å². The van der Waals surface area contributed by atoms with E-state index in [4.69, 9.17) is 23.2 Å². The van der Waals surface area contributed by atoms with Crippen LogP contribution in [0.1, 0.15) is 6.04 Å². The molecule has 0 unspecified atom stereocenters. The summed E-state index contributed by atoms with van der Waals surface area (Å²) in [7, 11) is 0. The zero-order valence-corrected chi connectivity index (χ0v) is 16.4. The fourth-order valence-corrected chi connectivity index (χ4v) is 3.87. The molecule has 0 aliphatic carbocycles. The lowest BCUT2D eigenvalue weighted by Gasteiger charge is -2.39. The number of hydrogen-bond acceptors (Lipinski definition) is 4. The summed E-state index contributed by atoms with van der Waals surface area (Å²) in [6, 6.07) is 5.16. The molecular weight excluding hydrogens is 420 g/mol. The summed E-state index contributed by atoms with van der Waals surface area (Å²) in [6.07, 6.45) is 2.47. The van der Waals surface area contributed by atoms with E-state index in [1.807, 2.05) is 0 Å². The summed E-state index contributed by atoms with van der Waals surface area (Å²) in [5, 5.41) is 9.90. The Balaban J connectivity index is 1.81. The first-order valence-electron chi connectivity index (χ1n) is 8.61. The number of phenols is 1. The Labute approximate surface area is 174 Å². The quantitative estimate of drug-likeness (QED) is 0.637. The average Bonchev–Trinajstić information content (AvgIpc) is 2.65. The van der Waals surface area contributed by atoms with Gasteiger partial charge in [0.2, 0.25) is 5.91 Å². The molecule has 1 N–H and O–H groups in total. The van der Waals surface area contributed by atoms with Gasteiger partial charge in [-0.2, -0.15) is 0 Å². The molecule has 0 bridgehead atoms. The van der Waals surface area contributed by atoms with Crippen LogP contribution in [0, 0.1) is 5.82 Å². The normalized spacial score (nSPS) is 14.1. The summed E-state index contributed by atoms with van der Waals surface area (Å²) in [5.41, 5.74) is -0.459. The van der Waals surface area contributed by atoms with Gasteiger partial charge >= 0.3 is 0 Å². The summed E-state index contributed by atoms with van der Waals surface area (Å²) < 4.78 is 16.6. The minimum Gasteiger partial charge on any atom is -0.508 e. The number of phenolic OH excluding ortho intramolecular Hbond substituents is 1. The van der Waals surface area contributed by atoms with Gasteiger partial charge in [0, 0.05) is 29.2 Å². The molecule has 1 fully saturated rings. The Morgan fingerprint density at radius 1 is 1.28 bits per heavy atom. The lowest BCUT2D eigenvalue weighted by molar-refractivity contribution is -0.131. The number of likely N-dealkylation sites (tertiary alicyclic amines) is 1. The van der Waals surface area contributed by atoms with Crippen molar-refractivity contribution in [1.29, 1.82) is 0 Å². The van der Waals surface area contributed by atoms with E-state index in [1.54, 1.807) is 0 Å². The zero-order valence-electron chi connectivity index (χ0n) is 14.9. The topological polar surface area (TPSA) is 75.4 Å². The van der Waals surface area contributed by atoms with Crippen LogP contribution in [0.5, 0.6) is 5.75 Å². The molecule has 0 spiro atoms. The van der Waals surface area contributed by atoms with Gasteiger partial charge < -0.3 is 10.0 Å². The molecule has 1 amide bonds. The lowest BCUT2D eigenvalue weighted by Crippen LogP contribution is -2.52. The summed E-state index contributed by atoms with van der Waals surface area (Å²) in [6.45, 7) is 4.11. The third-order valence-corrected chi connectivity index (χ3v) is 5.56. The zero-order chi connectivity index (χ0) is 20.9. The largest absolute Gasteiger partial charge is 0.508 e. The Bertz CT molecular complexity index is 1240. The van der Waals surface area contributed by atoms with Crippen LogP contribution in [0.25, 0.3) is 22.0 Å². The Hall–Kier alpha value is -2.90. The second-order valence-corrected chi connectivity index (χ2v) is 7.48. The number of carbonyl (C=O) groups is 1. The van der Waals surface area contributed by atoms with Crippen molar-refractivity contribution in [3.8, 4) is 16.9 Å². The van der Waals surface area contributed by atoms with Gasteiger partial charge in [-0.05, 0) is 30.3 Å². The smallest absolute Gasteiger partial charge is 0.261 e. The van der Waals surface area contributed by atoms with Gasteiger partial charge in [-0.3, -0.25) is 14.2 Å². The van der Waals surface area contributed by atoms with Crippen LogP contribution in [-0.4, -0.2) is 38.6 Å². The van der Waals surface area contributed by atoms with Crippen LogP contribution in [0.3, 0.4) is 0 Å². The van der Waals surface area contributed by atoms with Gasteiger partial charge in [0.15, 0.2) is 5.82 Å². The number of fused-ring (bicyclic) bond motifs is 1. The van der Waals surface area contributed by atoms with Crippen molar-refractivity contribution in [1.82, 2.24) is 14.5 Å². The molecule has 2 heterocycles. The number of carbonyl (C=O) groups excluding carboxylic acids is 1. The Morgan fingerprint density at radius 3 is 2.69 bits per heavy atom. The van der Waals surface area contributed by atoms with Gasteiger partial charge in [-0.1, -0.05) is 29.8 Å². The first kappa shape index (κ1) is 19.4. The van der Waals surface area contributed by atoms with Gasteiger partial charge in [-0.15, -0.1) is 0 Å². The van der Waals surface area contributed by atoms with Gasteiger partial charge in [0.1, 0.15) is 11.3 Å². The number of aromatic nitrogens is 2. The van der Waals surface area contributed by atoms with Crippen LogP contribution >= 0.6 is 23.2 Å². The van der Waals surface area contributed by atoms with Crippen molar-refractivity contribution in [2.45, 2.75) is 6.04 Å². The molecular formula is C20H14Cl2FN3O3. The summed E-state index contributed by atoms with van der Waals surface area (Å²) in [4.78, 5) is 30.1. The van der Waals surface area contributed by atoms with Crippen molar-refractivity contribution in [3.63, 3.8) is 0 Å². The molecule has 9 heteroatoms. The van der Waals surface area contributed by atoms with Crippen molar-refractivity contribution in [3.05, 3.63) is 69.5 Å². The van der Waals surface area contributed by atoms with Gasteiger partial charge in [0.05, 0.1) is 22.8 Å². The molecule has 1 saturated heterocycles. The van der Waals surface area contributed by atoms with E-state index < -0.39 is 11.4 Å². The molecule has 1 aliphatic heterocycles. The highest BCUT2D eigenvalue weighted by molar-refractivity contribution is 6.37. The van der Waals surface area contributed by atoms with E-state index >= 15 is 4.39 Å². The van der Waals surface area contributed by atoms with Crippen molar-refractivity contribution >= 4 is 40.0 Å². The summed E-state index contributed by atoms with van der Waals surface area (Å²) >= 11 is 12.4. The maximum absolute atomic E-state index is 15.3. The molecule has 2 aromatic carbocycles. The van der Waals surface area contributed by atoms with E-state index in [1.165, 1.54) is 46.1 Å². The first-order chi connectivity index (χ1) is 13.8. The molecule has 148 valence electrons. The van der Waals surface area contributed by atoms with E-state index in [0.717, 1.165) is 0 Å². The van der Waals surface area contributed by atoms with E-state index in [9.17, 15) is 14.7 Å². The predicted molar refractivity (Wildman–Crippen MR) is 109 cm³/mol. The molecule has 6 nitrogen and oxygen atoms in total. The molecule has 29 heavy (non-hydrogen) atoms. The number of hydrogen-bond donors (Lipinski definition) is 1. The maximum Gasteiger partial charge on any atom is 0.261 e. The minimum atomic E-state index is -0.804. The lowest BCUT2D eigenvalue weighted by atomic mass is 10.0. The molecule has 0 saturated carbocycles. The second-order valence-electron chi connectivity index (χ2n) is 6.67. The summed E-state index contributed by atoms with van der Waals surface area (Å²) in [5.74, 6) is -1.13. The van der Waals surface area contributed by atoms with E-state index in [2.05, 4.69) is 11.6 Å². The highest BCUT2D eigenvalue weighted by Crippen LogP contribution is 2.39. The van der Waals surface area contributed by atoms with Crippen LogP contribution < -0.4 is 5.56 Å². The van der Waals surface area contributed by atoms with E-state index in [-0.39, 0.29) is 49.8 Å². The monoisotopic (exact) mass is 433 g/mol. The highest BCUT2D eigenvalue weighted by atomic mass is 35.5. The number of aromatic hydroxyl groups is 1. The fraction of sp³-hybridized carbons (Fsp3) is 0.150. The maximum atomic E-state index is 15.3.